The standard InChI is InChI=1S/C8H5Cl2N4/c1-14-12-8(11-13-14)5-3-2-4-6(9)7(5)10/h2-4H,1H2/q-1. The van der Waals surface area contributed by atoms with Crippen molar-refractivity contribution in [1.29, 1.82) is 0 Å². The molecule has 1 aromatic carbocycles. The second kappa shape index (κ2) is 3.48. The average Bonchev–Trinajstić information content (AvgIpc) is 2.57. The molecular weight excluding hydrogens is 223 g/mol. The lowest BCUT2D eigenvalue weighted by atomic mass is 10.2. The summed E-state index contributed by atoms with van der Waals surface area (Å²) in [6, 6.07) is 5.24. The topological polar surface area (TPSA) is 43.6 Å². The van der Waals surface area contributed by atoms with Gasteiger partial charge in [0.25, 0.3) is 0 Å². The highest BCUT2D eigenvalue weighted by Crippen LogP contribution is 2.30. The molecule has 1 heterocycles. The Bertz CT molecular complexity index is 466. The van der Waals surface area contributed by atoms with Crippen LogP contribution in [0, 0.1) is 7.05 Å². The van der Waals surface area contributed by atoms with E-state index in [1.807, 2.05) is 0 Å². The van der Waals surface area contributed by atoms with Crippen molar-refractivity contribution in [2.24, 2.45) is 0 Å². The van der Waals surface area contributed by atoms with Crippen LogP contribution in [0.5, 0.6) is 0 Å². The van der Waals surface area contributed by atoms with E-state index in [1.54, 1.807) is 18.2 Å². The molecule has 0 saturated carbocycles. The number of tetrazole rings is 1. The first-order chi connectivity index (χ1) is 6.68. The molecule has 0 N–H and O–H groups in total. The molecule has 4 nitrogen and oxygen atoms in total. The van der Waals surface area contributed by atoms with Crippen molar-refractivity contribution in [2.45, 2.75) is 0 Å². The maximum atomic E-state index is 5.97. The van der Waals surface area contributed by atoms with Crippen molar-refractivity contribution < 1.29 is 0 Å². The fourth-order valence-electron chi connectivity index (χ4n) is 1.03. The number of hydrogen-bond acceptors (Lipinski definition) is 3. The first-order valence-electron chi connectivity index (χ1n) is 3.74. The van der Waals surface area contributed by atoms with Gasteiger partial charge in [-0.1, -0.05) is 34.5 Å². The van der Waals surface area contributed by atoms with Crippen LogP contribution in [0.2, 0.25) is 10.0 Å². The monoisotopic (exact) mass is 227 g/mol. The highest BCUT2D eigenvalue weighted by Gasteiger charge is 2.09. The van der Waals surface area contributed by atoms with Gasteiger partial charge < -0.3 is 4.80 Å². The Balaban J connectivity index is 2.57. The van der Waals surface area contributed by atoms with Crippen molar-refractivity contribution >= 4 is 23.2 Å². The van der Waals surface area contributed by atoms with Gasteiger partial charge in [0.05, 0.1) is 10.0 Å². The van der Waals surface area contributed by atoms with E-state index in [1.165, 1.54) is 0 Å². The summed E-state index contributed by atoms with van der Waals surface area (Å²) in [5.41, 5.74) is 0.647. The maximum Gasteiger partial charge on any atom is 0.203 e. The summed E-state index contributed by atoms with van der Waals surface area (Å²) in [5, 5.41) is 12.2. The van der Waals surface area contributed by atoms with Crippen molar-refractivity contribution in [1.82, 2.24) is 20.2 Å². The van der Waals surface area contributed by atoms with E-state index in [9.17, 15) is 0 Å². The van der Waals surface area contributed by atoms with Crippen molar-refractivity contribution in [3.8, 4) is 11.4 Å². The molecule has 0 fully saturated rings. The highest BCUT2D eigenvalue weighted by molar-refractivity contribution is 6.43. The SMILES string of the molecule is [CH2-]n1nnc(-c2cccc(Cl)c2Cl)n1. The number of halogens is 2. The molecule has 72 valence electrons. The van der Waals surface area contributed by atoms with Gasteiger partial charge in [-0.25, -0.2) is 0 Å². The Kier molecular flexibility index (Phi) is 2.31. The fraction of sp³-hybridized carbons (Fsp3) is 0. The summed E-state index contributed by atoms with van der Waals surface area (Å²) >= 11 is 11.8. The van der Waals surface area contributed by atoms with Crippen LogP contribution in [0.25, 0.3) is 11.4 Å². The predicted molar refractivity (Wildman–Crippen MR) is 54.0 cm³/mol. The summed E-state index contributed by atoms with van der Waals surface area (Å²) in [7, 11) is 3.47. The van der Waals surface area contributed by atoms with Gasteiger partial charge >= 0.3 is 0 Å². The van der Waals surface area contributed by atoms with Crippen LogP contribution >= 0.6 is 23.2 Å². The molecule has 0 aliphatic carbocycles. The smallest absolute Gasteiger partial charge is 0.203 e. The van der Waals surface area contributed by atoms with Crippen LogP contribution in [0.15, 0.2) is 18.2 Å². The molecule has 0 spiro atoms. The largest absolute Gasteiger partial charge is 0.301 e. The summed E-state index contributed by atoms with van der Waals surface area (Å²) in [6.45, 7) is 0. The molecule has 1 aromatic heterocycles. The third kappa shape index (κ3) is 1.54. The lowest BCUT2D eigenvalue weighted by molar-refractivity contribution is 0.714. The van der Waals surface area contributed by atoms with Crippen LogP contribution in [-0.2, 0) is 0 Å². The number of aromatic nitrogens is 4. The first kappa shape index (κ1) is 9.30. The molecule has 0 aliphatic rings. The zero-order chi connectivity index (χ0) is 10.1. The van der Waals surface area contributed by atoms with Crippen LogP contribution < -0.4 is 0 Å². The van der Waals surface area contributed by atoms with Gasteiger partial charge in [-0.2, -0.15) is 5.10 Å². The summed E-state index contributed by atoms with van der Waals surface area (Å²) in [6.07, 6.45) is 0. The van der Waals surface area contributed by atoms with Crippen molar-refractivity contribution in [3.05, 3.63) is 35.3 Å². The van der Waals surface area contributed by atoms with Crippen LogP contribution in [0.1, 0.15) is 0 Å². The fourth-order valence-corrected chi connectivity index (χ4v) is 1.41. The molecule has 2 aromatic rings. The van der Waals surface area contributed by atoms with E-state index < -0.39 is 0 Å². The van der Waals surface area contributed by atoms with Crippen molar-refractivity contribution in [2.75, 3.05) is 0 Å². The number of benzene rings is 1. The van der Waals surface area contributed by atoms with E-state index >= 15 is 0 Å². The Morgan fingerprint density at radius 3 is 2.71 bits per heavy atom. The Morgan fingerprint density at radius 2 is 2.07 bits per heavy atom. The molecule has 6 heteroatoms. The second-order valence-electron chi connectivity index (χ2n) is 2.59. The van der Waals surface area contributed by atoms with E-state index in [0.717, 1.165) is 4.80 Å². The van der Waals surface area contributed by atoms with Gasteiger partial charge in [0.1, 0.15) is 0 Å². The Labute approximate surface area is 90.4 Å². The summed E-state index contributed by atoms with van der Waals surface area (Å²) in [4.78, 5) is 1.12. The molecule has 0 aliphatic heterocycles. The van der Waals surface area contributed by atoms with Gasteiger partial charge in [0.15, 0.2) is 0 Å². The van der Waals surface area contributed by atoms with Gasteiger partial charge in [0.2, 0.25) is 5.82 Å². The van der Waals surface area contributed by atoms with Crippen LogP contribution in [0.3, 0.4) is 0 Å². The van der Waals surface area contributed by atoms with E-state index in [4.69, 9.17) is 23.2 Å². The molecule has 14 heavy (non-hydrogen) atoms. The molecule has 0 radical (unpaired) electrons. The van der Waals surface area contributed by atoms with Crippen LogP contribution in [-0.4, -0.2) is 20.2 Å². The zero-order valence-corrected chi connectivity index (χ0v) is 8.50. The minimum absolute atomic E-state index is 0.410. The van der Waals surface area contributed by atoms with Crippen LogP contribution in [0.4, 0.5) is 0 Å². The average molecular weight is 228 g/mol. The minimum Gasteiger partial charge on any atom is -0.301 e. The van der Waals surface area contributed by atoms with Gasteiger partial charge in [-0.05, 0) is 12.1 Å². The maximum absolute atomic E-state index is 5.97. The zero-order valence-electron chi connectivity index (χ0n) is 6.98. The minimum atomic E-state index is 0.410. The molecular formula is C8H5Cl2N4-. The number of hydrogen-bond donors (Lipinski definition) is 0. The molecule has 0 amide bonds. The summed E-state index contributed by atoms with van der Waals surface area (Å²) in [5.74, 6) is 0.410. The third-order valence-electron chi connectivity index (χ3n) is 1.65. The Morgan fingerprint density at radius 1 is 1.29 bits per heavy atom. The number of nitrogens with zero attached hydrogens (tertiary/aromatic N) is 4. The predicted octanol–water partition coefficient (Wildman–Crippen LogP) is 2.29. The van der Waals surface area contributed by atoms with Gasteiger partial charge in [-0.15, -0.1) is 5.10 Å². The molecule has 0 unspecified atom stereocenters. The molecule has 0 saturated heterocycles. The highest BCUT2D eigenvalue weighted by atomic mass is 35.5. The second-order valence-corrected chi connectivity index (χ2v) is 3.37. The third-order valence-corrected chi connectivity index (χ3v) is 2.46. The van der Waals surface area contributed by atoms with Crippen molar-refractivity contribution in [3.63, 3.8) is 0 Å². The van der Waals surface area contributed by atoms with E-state index in [-0.39, 0.29) is 0 Å². The lowest BCUT2D eigenvalue weighted by Gasteiger charge is -2.00. The van der Waals surface area contributed by atoms with E-state index in [2.05, 4.69) is 22.5 Å². The molecule has 0 bridgehead atoms. The molecule has 2 rings (SSSR count). The normalized spacial score (nSPS) is 10.4. The quantitative estimate of drug-likeness (QED) is 0.703. The lowest BCUT2D eigenvalue weighted by Crippen LogP contribution is -1.89. The first-order valence-corrected chi connectivity index (χ1v) is 4.49. The van der Waals surface area contributed by atoms with E-state index in [0.29, 0.717) is 21.4 Å². The summed E-state index contributed by atoms with van der Waals surface area (Å²) < 4.78 is 0. The Hall–Kier alpha value is -1.26. The number of rotatable bonds is 1. The van der Waals surface area contributed by atoms with Gasteiger partial charge in [-0.3, -0.25) is 7.05 Å². The molecule has 0 atom stereocenters. The van der Waals surface area contributed by atoms with Gasteiger partial charge in [0, 0.05) is 5.56 Å².